The average molecular weight is 431 g/mol. The van der Waals surface area contributed by atoms with Gasteiger partial charge in [-0.25, -0.2) is 9.69 Å². The van der Waals surface area contributed by atoms with Crippen LogP contribution in [0.15, 0.2) is 60.4 Å². The maximum absolute atomic E-state index is 12.8. The molecule has 1 aliphatic heterocycles. The van der Waals surface area contributed by atoms with E-state index < -0.39 is 30.3 Å². The fourth-order valence-electron chi connectivity index (χ4n) is 3.63. The van der Waals surface area contributed by atoms with Gasteiger partial charge in [0.1, 0.15) is 18.8 Å². The first-order valence-corrected chi connectivity index (χ1v) is 9.89. The largest absolute Gasteiger partial charge is 0.368 e. The van der Waals surface area contributed by atoms with E-state index in [0.717, 1.165) is 21.4 Å². The van der Waals surface area contributed by atoms with Crippen LogP contribution in [0.5, 0.6) is 0 Å². The second-order valence-electron chi connectivity index (χ2n) is 7.49. The molecule has 0 bridgehead atoms. The quantitative estimate of drug-likeness (QED) is 0.407. The third-order valence-electron chi connectivity index (χ3n) is 5.01. The number of para-hydroxylation sites is 1. The van der Waals surface area contributed by atoms with Crippen molar-refractivity contribution in [1.82, 2.24) is 14.8 Å². The predicted octanol–water partition coefficient (Wildman–Crippen LogP) is 1.97. The number of hydrogen-bond donors (Lipinski definition) is 3. The summed E-state index contributed by atoms with van der Waals surface area (Å²) in [6.07, 6.45) is 3.22. The lowest BCUT2D eigenvalue weighted by atomic mass is 10.1. The Morgan fingerprint density at radius 3 is 2.62 bits per heavy atom. The molecule has 0 saturated carbocycles. The van der Waals surface area contributed by atoms with Gasteiger partial charge in [0, 0.05) is 28.4 Å². The minimum atomic E-state index is -0.679. The van der Waals surface area contributed by atoms with Gasteiger partial charge in [-0.1, -0.05) is 30.3 Å². The van der Waals surface area contributed by atoms with Crippen molar-refractivity contribution in [2.75, 3.05) is 11.9 Å². The second-order valence-corrected chi connectivity index (χ2v) is 7.49. The molecule has 162 valence electrons. The molecule has 3 aromatic rings. The molecule has 0 spiro atoms. The van der Waals surface area contributed by atoms with E-state index in [4.69, 9.17) is 5.73 Å². The third kappa shape index (κ3) is 4.22. The van der Waals surface area contributed by atoms with Crippen LogP contribution in [0.3, 0.4) is 0 Å². The van der Waals surface area contributed by atoms with Gasteiger partial charge in [-0.05, 0) is 36.8 Å². The van der Waals surface area contributed by atoms with E-state index in [0.29, 0.717) is 11.3 Å². The number of anilines is 1. The minimum absolute atomic E-state index is 0.0186. The van der Waals surface area contributed by atoms with E-state index >= 15 is 0 Å². The van der Waals surface area contributed by atoms with Crippen LogP contribution in [-0.2, 0) is 20.9 Å². The van der Waals surface area contributed by atoms with Crippen molar-refractivity contribution in [3.8, 4) is 0 Å². The number of nitrogens with zero attached hydrogens (tertiary/aromatic N) is 2. The maximum Gasteiger partial charge on any atom is 0.329 e. The molecule has 1 saturated heterocycles. The fourth-order valence-corrected chi connectivity index (χ4v) is 3.63. The van der Waals surface area contributed by atoms with E-state index in [1.807, 2.05) is 37.3 Å². The predicted molar refractivity (Wildman–Crippen MR) is 119 cm³/mol. The van der Waals surface area contributed by atoms with E-state index in [1.165, 1.54) is 6.08 Å². The van der Waals surface area contributed by atoms with Gasteiger partial charge in [-0.15, -0.1) is 0 Å². The van der Waals surface area contributed by atoms with Gasteiger partial charge >= 0.3 is 6.03 Å². The van der Waals surface area contributed by atoms with Crippen LogP contribution in [-0.4, -0.2) is 39.8 Å². The zero-order valence-corrected chi connectivity index (χ0v) is 17.3. The number of aryl methyl sites for hydroxylation is 1. The number of nitrogens with two attached hydrogens (primary N) is 1. The summed E-state index contributed by atoms with van der Waals surface area (Å²) >= 11 is 0. The Labute approximate surface area is 183 Å². The molecule has 32 heavy (non-hydrogen) atoms. The van der Waals surface area contributed by atoms with Crippen LogP contribution >= 0.6 is 0 Å². The Morgan fingerprint density at radius 2 is 1.88 bits per heavy atom. The lowest BCUT2D eigenvalue weighted by molar-refractivity contribution is -0.127. The van der Waals surface area contributed by atoms with Crippen molar-refractivity contribution >= 4 is 46.4 Å². The van der Waals surface area contributed by atoms with Crippen molar-refractivity contribution in [3.05, 3.63) is 71.6 Å². The van der Waals surface area contributed by atoms with Crippen LogP contribution in [0, 0.1) is 6.92 Å². The molecule has 9 nitrogen and oxygen atoms in total. The second kappa shape index (κ2) is 8.38. The average Bonchev–Trinajstić information content (AvgIpc) is 3.20. The normalized spacial score (nSPS) is 14.8. The number of carbonyl (C=O) groups is 4. The summed E-state index contributed by atoms with van der Waals surface area (Å²) in [6.45, 7) is 1.46. The lowest BCUT2D eigenvalue weighted by Crippen LogP contribution is -2.38. The first-order valence-electron chi connectivity index (χ1n) is 9.89. The Morgan fingerprint density at radius 1 is 1.09 bits per heavy atom. The topological polar surface area (TPSA) is 127 Å². The number of urea groups is 1. The van der Waals surface area contributed by atoms with Crippen molar-refractivity contribution in [2.45, 2.75) is 13.5 Å². The number of primary amides is 1. The summed E-state index contributed by atoms with van der Waals surface area (Å²) in [7, 11) is 0. The molecular weight excluding hydrogens is 410 g/mol. The van der Waals surface area contributed by atoms with Gasteiger partial charge < -0.3 is 20.9 Å². The van der Waals surface area contributed by atoms with Crippen LogP contribution in [0.1, 0.15) is 11.1 Å². The summed E-state index contributed by atoms with van der Waals surface area (Å²) < 4.78 is 1.68. The molecule has 0 radical (unpaired) electrons. The van der Waals surface area contributed by atoms with Gasteiger partial charge in [0.05, 0.1) is 0 Å². The molecule has 2 heterocycles. The molecule has 4 rings (SSSR count). The molecule has 0 atom stereocenters. The number of imide groups is 1. The van der Waals surface area contributed by atoms with Crippen LogP contribution in [0.25, 0.3) is 17.0 Å². The minimum Gasteiger partial charge on any atom is -0.368 e. The first-order chi connectivity index (χ1) is 15.3. The van der Waals surface area contributed by atoms with Crippen LogP contribution < -0.4 is 16.4 Å². The number of amides is 5. The summed E-state index contributed by atoms with van der Waals surface area (Å²) in [5.74, 6) is -1.60. The number of benzene rings is 2. The van der Waals surface area contributed by atoms with Gasteiger partial charge in [0.2, 0.25) is 11.8 Å². The molecule has 4 N–H and O–H groups in total. The highest BCUT2D eigenvalue weighted by molar-refractivity contribution is 6.16. The monoisotopic (exact) mass is 431 g/mol. The molecular formula is C23H21N5O4. The van der Waals surface area contributed by atoms with Gasteiger partial charge in [-0.3, -0.25) is 14.4 Å². The number of rotatable bonds is 6. The molecule has 0 aliphatic carbocycles. The third-order valence-corrected chi connectivity index (χ3v) is 5.01. The van der Waals surface area contributed by atoms with Crippen LogP contribution in [0.2, 0.25) is 0 Å². The standard InChI is InChI=1S/C23H21N5O4/c1-14-5-4-6-16(9-14)25-21(30)13-28-22(31)18(26-23(28)32)10-15-11-27(12-20(24)29)19-8-3-2-7-17(15)19/h2-11H,12-13H2,1H3,(H2,24,29)(H,25,30)(H,26,32)/b18-10-. The van der Waals surface area contributed by atoms with E-state index in [1.54, 1.807) is 29.0 Å². The molecule has 5 amide bonds. The highest BCUT2D eigenvalue weighted by atomic mass is 16.2. The Hall–Kier alpha value is -4.40. The highest BCUT2D eigenvalue weighted by Crippen LogP contribution is 2.24. The Kier molecular flexibility index (Phi) is 5.46. The SMILES string of the molecule is Cc1cccc(NC(=O)CN2C(=O)N/C(=C\c3cn(CC(N)=O)c4ccccc34)C2=O)c1. The number of nitrogens with one attached hydrogen (secondary N) is 2. The smallest absolute Gasteiger partial charge is 0.329 e. The Bertz CT molecular complexity index is 1290. The highest BCUT2D eigenvalue weighted by Gasteiger charge is 2.35. The zero-order chi connectivity index (χ0) is 22.8. The molecule has 1 fully saturated rings. The molecule has 2 aromatic carbocycles. The van der Waals surface area contributed by atoms with Crippen molar-refractivity contribution in [2.24, 2.45) is 5.73 Å². The van der Waals surface area contributed by atoms with E-state index in [9.17, 15) is 19.2 Å². The van der Waals surface area contributed by atoms with Crippen LogP contribution in [0.4, 0.5) is 10.5 Å². The molecule has 1 aliphatic rings. The molecule has 0 unspecified atom stereocenters. The summed E-state index contributed by atoms with van der Waals surface area (Å²) in [5, 5.41) is 5.99. The van der Waals surface area contributed by atoms with Crippen molar-refractivity contribution < 1.29 is 19.2 Å². The lowest BCUT2D eigenvalue weighted by Gasteiger charge is -2.12. The number of aromatic nitrogens is 1. The van der Waals surface area contributed by atoms with Gasteiger partial charge in [-0.2, -0.15) is 0 Å². The first kappa shape index (κ1) is 20.9. The van der Waals surface area contributed by atoms with Crippen molar-refractivity contribution in [1.29, 1.82) is 0 Å². The van der Waals surface area contributed by atoms with Gasteiger partial charge in [0.15, 0.2) is 0 Å². The summed E-state index contributed by atoms with van der Waals surface area (Å²) in [4.78, 5) is 49.7. The summed E-state index contributed by atoms with van der Waals surface area (Å²) in [5.41, 5.74) is 8.33. The molecule has 1 aromatic heterocycles. The number of fused-ring (bicyclic) bond motifs is 1. The van der Waals surface area contributed by atoms with E-state index in [-0.39, 0.29) is 12.2 Å². The molecule has 9 heteroatoms. The number of hydrogen-bond acceptors (Lipinski definition) is 4. The zero-order valence-electron chi connectivity index (χ0n) is 17.3. The van der Waals surface area contributed by atoms with Crippen molar-refractivity contribution in [3.63, 3.8) is 0 Å². The maximum atomic E-state index is 12.8. The van der Waals surface area contributed by atoms with Gasteiger partial charge in [0.25, 0.3) is 5.91 Å². The summed E-state index contributed by atoms with van der Waals surface area (Å²) in [6, 6.07) is 13.9. The Balaban J connectivity index is 1.55. The fraction of sp³-hybridized carbons (Fsp3) is 0.130. The van der Waals surface area contributed by atoms with E-state index in [2.05, 4.69) is 10.6 Å². The number of carbonyl (C=O) groups excluding carboxylic acids is 4.